The Morgan fingerprint density at radius 2 is 1.71 bits per heavy atom. The van der Waals surface area contributed by atoms with Crippen LogP contribution in [0.25, 0.3) is 11.1 Å². The fraction of sp³-hybridized carbons (Fsp3) is 0.308. The van der Waals surface area contributed by atoms with Crippen LogP contribution in [0.2, 0.25) is 0 Å². The second-order valence-electron chi connectivity index (χ2n) is 8.57. The molecule has 3 aromatic rings. The van der Waals surface area contributed by atoms with Crippen LogP contribution < -0.4 is 5.32 Å². The van der Waals surface area contributed by atoms with Gasteiger partial charge in [-0.2, -0.15) is 5.10 Å². The van der Waals surface area contributed by atoms with Gasteiger partial charge in [-0.15, -0.1) is 0 Å². The van der Waals surface area contributed by atoms with E-state index in [0.29, 0.717) is 6.42 Å². The Morgan fingerprint density at radius 1 is 1.11 bits per heavy atom. The van der Waals surface area contributed by atoms with E-state index in [2.05, 4.69) is 22.5 Å². The van der Waals surface area contributed by atoms with Gasteiger partial charge in [0.1, 0.15) is 18.8 Å². The topological polar surface area (TPSA) is 114 Å². The average Bonchev–Trinajstić information content (AvgIpc) is 3.37. The number of fused-ring (bicyclic) bond motifs is 3. The second kappa shape index (κ2) is 10.0. The van der Waals surface area contributed by atoms with E-state index < -0.39 is 24.5 Å². The van der Waals surface area contributed by atoms with Crippen molar-refractivity contribution in [3.8, 4) is 11.1 Å². The summed E-state index contributed by atoms with van der Waals surface area (Å²) >= 11 is 0. The Balaban J connectivity index is 1.49. The smallest absolute Gasteiger partial charge is 0.411 e. The SMILES string of the molecule is CCC(C)N(CC(=O)O)C(=O)c1c(NC(=O)OCC2c3ccccc3-c3ccccc32)cnn1C. The van der Waals surface area contributed by atoms with Crippen molar-refractivity contribution in [1.29, 1.82) is 0 Å². The number of nitrogens with one attached hydrogen (secondary N) is 1. The normalized spacial score (nSPS) is 13.0. The zero-order valence-electron chi connectivity index (χ0n) is 19.9. The maximum atomic E-state index is 13.2. The van der Waals surface area contributed by atoms with Crippen molar-refractivity contribution in [2.45, 2.75) is 32.2 Å². The molecule has 1 aliphatic carbocycles. The van der Waals surface area contributed by atoms with Crippen LogP contribution in [0.1, 0.15) is 47.8 Å². The number of aliphatic carboxylic acids is 1. The first-order valence-electron chi connectivity index (χ1n) is 11.5. The van der Waals surface area contributed by atoms with Gasteiger partial charge < -0.3 is 14.7 Å². The van der Waals surface area contributed by atoms with Gasteiger partial charge in [0.25, 0.3) is 5.91 Å². The number of amides is 2. The highest BCUT2D eigenvalue weighted by Gasteiger charge is 2.31. The van der Waals surface area contributed by atoms with Gasteiger partial charge in [-0.3, -0.25) is 19.6 Å². The maximum Gasteiger partial charge on any atom is 0.411 e. The summed E-state index contributed by atoms with van der Waals surface area (Å²) in [7, 11) is 1.56. The molecule has 1 heterocycles. The molecular formula is C26H28N4O5. The Bertz CT molecular complexity index is 1220. The Kier molecular flexibility index (Phi) is 6.86. The third-order valence-electron chi connectivity index (χ3n) is 6.41. The van der Waals surface area contributed by atoms with Crippen molar-refractivity contribution in [2.24, 2.45) is 7.05 Å². The molecule has 2 aromatic carbocycles. The van der Waals surface area contributed by atoms with Gasteiger partial charge in [0.05, 0.1) is 11.9 Å². The number of carboxylic acid groups (broad SMARTS) is 1. The lowest BCUT2D eigenvalue weighted by molar-refractivity contribution is -0.138. The molecule has 0 aliphatic heterocycles. The van der Waals surface area contributed by atoms with Crippen LogP contribution in [0.15, 0.2) is 54.7 Å². The van der Waals surface area contributed by atoms with E-state index in [-0.39, 0.29) is 29.9 Å². The lowest BCUT2D eigenvalue weighted by atomic mass is 9.98. The van der Waals surface area contributed by atoms with E-state index in [9.17, 15) is 19.5 Å². The zero-order valence-corrected chi connectivity index (χ0v) is 19.9. The lowest BCUT2D eigenvalue weighted by Crippen LogP contribution is -2.42. The summed E-state index contributed by atoms with van der Waals surface area (Å²) in [6.45, 7) is 3.31. The maximum absolute atomic E-state index is 13.2. The van der Waals surface area contributed by atoms with Crippen molar-refractivity contribution in [3.05, 3.63) is 71.5 Å². The minimum atomic E-state index is -1.12. The number of aromatic nitrogens is 2. The van der Waals surface area contributed by atoms with E-state index in [1.807, 2.05) is 43.3 Å². The van der Waals surface area contributed by atoms with Gasteiger partial charge in [-0.05, 0) is 35.6 Å². The molecule has 0 fully saturated rings. The molecule has 9 heteroatoms. The summed E-state index contributed by atoms with van der Waals surface area (Å²) < 4.78 is 6.89. The summed E-state index contributed by atoms with van der Waals surface area (Å²) in [5.41, 5.74) is 4.68. The first kappa shape index (κ1) is 24.0. The molecule has 0 radical (unpaired) electrons. The molecule has 0 saturated carbocycles. The van der Waals surface area contributed by atoms with Crippen LogP contribution in [0.4, 0.5) is 10.5 Å². The van der Waals surface area contributed by atoms with Gasteiger partial charge in [0, 0.05) is 19.0 Å². The van der Waals surface area contributed by atoms with Crippen molar-refractivity contribution in [2.75, 3.05) is 18.5 Å². The lowest BCUT2D eigenvalue weighted by Gasteiger charge is -2.27. The van der Waals surface area contributed by atoms with Crippen LogP contribution >= 0.6 is 0 Å². The van der Waals surface area contributed by atoms with Crippen molar-refractivity contribution < 1.29 is 24.2 Å². The molecule has 182 valence electrons. The summed E-state index contributed by atoms with van der Waals surface area (Å²) in [4.78, 5) is 38.5. The minimum Gasteiger partial charge on any atom is -0.480 e. The highest BCUT2D eigenvalue weighted by molar-refractivity contribution is 6.02. The molecule has 0 bridgehead atoms. The number of carboxylic acids is 1. The fourth-order valence-corrected chi connectivity index (χ4v) is 4.46. The monoisotopic (exact) mass is 476 g/mol. The van der Waals surface area contributed by atoms with Crippen molar-refractivity contribution >= 4 is 23.7 Å². The summed E-state index contributed by atoms with van der Waals surface area (Å²) in [6, 6.07) is 15.8. The molecule has 35 heavy (non-hydrogen) atoms. The van der Waals surface area contributed by atoms with Gasteiger partial charge in [0.2, 0.25) is 0 Å². The molecule has 2 amide bonds. The van der Waals surface area contributed by atoms with Gasteiger partial charge in [0.15, 0.2) is 0 Å². The first-order chi connectivity index (χ1) is 16.8. The molecule has 2 N–H and O–H groups in total. The number of rotatable bonds is 8. The number of carbonyl (C=O) groups is 3. The molecule has 0 spiro atoms. The minimum absolute atomic E-state index is 0.0834. The third-order valence-corrected chi connectivity index (χ3v) is 6.41. The Labute approximate surface area is 203 Å². The molecular weight excluding hydrogens is 448 g/mol. The Morgan fingerprint density at radius 3 is 2.29 bits per heavy atom. The van der Waals surface area contributed by atoms with E-state index in [1.165, 1.54) is 15.8 Å². The molecule has 0 saturated heterocycles. The standard InChI is InChI=1S/C26H28N4O5/c1-4-16(2)30(14-23(31)32)25(33)24-22(13-27-29(24)3)28-26(34)35-15-21-19-11-7-5-9-17(19)18-10-6-8-12-20(18)21/h5-13,16,21H,4,14-15H2,1-3H3,(H,28,34)(H,31,32). The number of anilines is 1. The molecule has 1 aliphatic rings. The molecule has 1 atom stereocenters. The number of benzene rings is 2. The molecule has 4 rings (SSSR count). The summed E-state index contributed by atoms with van der Waals surface area (Å²) in [5.74, 6) is -1.75. The van der Waals surface area contributed by atoms with Crippen LogP contribution in [-0.2, 0) is 16.6 Å². The van der Waals surface area contributed by atoms with Crippen molar-refractivity contribution in [1.82, 2.24) is 14.7 Å². The van der Waals surface area contributed by atoms with Gasteiger partial charge >= 0.3 is 12.1 Å². The first-order valence-corrected chi connectivity index (χ1v) is 11.5. The zero-order chi connectivity index (χ0) is 25.1. The van der Waals surface area contributed by atoms with Crippen LogP contribution in [0.5, 0.6) is 0 Å². The summed E-state index contributed by atoms with van der Waals surface area (Å²) in [6.07, 6.45) is 1.21. The highest BCUT2D eigenvalue weighted by Crippen LogP contribution is 2.44. The summed E-state index contributed by atoms with van der Waals surface area (Å²) in [5, 5.41) is 16.0. The predicted octanol–water partition coefficient (Wildman–Crippen LogP) is 4.11. The van der Waals surface area contributed by atoms with Gasteiger partial charge in [-0.1, -0.05) is 55.5 Å². The number of hydrogen-bond acceptors (Lipinski definition) is 5. The number of hydrogen-bond donors (Lipinski definition) is 2. The number of aryl methyl sites for hydroxylation is 1. The van der Waals surface area contributed by atoms with E-state index >= 15 is 0 Å². The quantitative estimate of drug-likeness (QED) is 0.506. The average molecular weight is 477 g/mol. The van der Waals surface area contributed by atoms with E-state index in [1.54, 1.807) is 14.0 Å². The van der Waals surface area contributed by atoms with Gasteiger partial charge in [-0.25, -0.2) is 4.79 Å². The van der Waals surface area contributed by atoms with Crippen molar-refractivity contribution in [3.63, 3.8) is 0 Å². The van der Waals surface area contributed by atoms with Crippen LogP contribution in [0, 0.1) is 0 Å². The van der Waals surface area contributed by atoms with Crippen LogP contribution in [0.3, 0.4) is 0 Å². The molecule has 1 unspecified atom stereocenters. The van der Waals surface area contributed by atoms with E-state index in [4.69, 9.17) is 4.74 Å². The largest absolute Gasteiger partial charge is 0.480 e. The fourth-order valence-electron chi connectivity index (χ4n) is 4.46. The predicted molar refractivity (Wildman–Crippen MR) is 130 cm³/mol. The third kappa shape index (κ3) is 4.75. The Hall–Kier alpha value is -4.14. The number of carbonyl (C=O) groups excluding carboxylic acids is 2. The van der Waals surface area contributed by atoms with Crippen LogP contribution in [-0.4, -0.2) is 57.0 Å². The number of ether oxygens (including phenoxy) is 1. The van der Waals surface area contributed by atoms with E-state index in [0.717, 1.165) is 22.3 Å². The second-order valence-corrected chi connectivity index (χ2v) is 8.57. The number of nitrogens with zero attached hydrogens (tertiary/aromatic N) is 3. The highest BCUT2D eigenvalue weighted by atomic mass is 16.5. The molecule has 9 nitrogen and oxygen atoms in total. The molecule has 1 aromatic heterocycles.